The number of pyridine rings is 1. The van der Waals surface area contributed by atoms with Crippen LogP contribution in [-0.4, -0.2) is 61.9 Å². The van der Waals surface area contributed by atoms with Gasteiger partial charge in [-0.15, -0.1) is 0 Å². The summed E-state index contributed by atoms with van der Waals surface area (Å²) in [5.74, 6) is -1.73. The van der Waals surface area contributed by atoms with Crippen molar-refractivity contribution >= 4 is 34.0 Å². The summed E-state index contributed by atoms with van der Waals surface area (Å²) in [6.45, 7) is 3.31. The lowest BCUT2D eigenvalue weighted by atomic mass is 10.1. The lowest BCUT2D eigenvalue weighted by molar-refractivity contribution is 0.102. The number of halogens is 2. The molecule has 6 rings (SSSR count). The number of H-pyrrole nitrogens is 1. The summed E-state index contributed by atoms with van der Waals surface area (Å²) >= 11 is 0. The maximum atomic E-state index is 15.8. The number of hydrogen-bond donors (Lipinski definition) is 2. The average Bonchev–Trinajstić information content (AvgIpc) is 3.49. The molecule has 3 aromatic heterocycles. The topological polar surface area (TPSA) is 112 Å². The van der Waals surface area contributed by atoms with Crippen LogP contribution in [-0.2, 0) is 0 Å². The van der Waals surface area contributed by atoms with E-state index in [0.29, 0.717) is 23.6 Å². The number of aromatic amines is 1. The van der Waals surface area contributed by atoms with Gasteiger partial charge >= 0.3 is 0 Å². The molecule has 1 aliphatic rings. The van der Waals surface area contributed by atoms with Crippen LogP contribution >= 0.6 is 0 Å². The summed E-state index contributed by atoms with van der Waals surface area (Å²) in [5.41, 5.74) is 1.30. The highest BCUT2D eigenvalue weighted by molar-refractivity contribution is 6.04. The van der Waals surface area contributed by atoms with Crippen molar-refractivity contribution in [2.45, 2.75) is 19.3 Å². The fraction of sp³-hybridized carbons (Fsp3) is 0.233. The smallest absolute Gasteiger partial charge is 0.284 e. The Bertz CT molecular complexity index is 1780. The Hall–Kier alpha value is -4.97. The molecule has 2 N–H and O–H groups in total. The van der Waals surface area contributed by atoms with Gasteiger partial charge in [0.15, 0.2) is 5.65 Å². The second-order valence-corrected chi connectivity index (χ2v) is 10.1. The van der Waals surface area contributed by atoms with Crippen molar-refractivity contribution in [3.8, 4) is 5.69 Å². The van der Waals surface area contributed by atoms with Gasteiger partial charge < -0.3 is 15.1 Å². The normalized spacial score (nSPS) is 13.8. The number of nitrogens with one attached hydrogen (secondary N) is 2. The predicted octanol–water partition coefficient (Wildman–Crippen LogP) is 4.66. The third-order valence-electron chi connectivity index (χ3n) is 7.37. The van der Waals surface area contributed by atoms with Gasteiger partial charge in [-0.25, -0.2) is 13.8 Å². The highest BCUT2D eigenvalue weighted by atomic mass is 19.1. The number of aromatic nitrogens is 5. The monoisotopic (exact) mass is 570 g/mol. The third-order valence-corrected chi connectivity index (χ3v) is 7.37. The molecule has 0 radical (unpaired) electrons. The molecule has 42 heavy (non-hydrogen) atoms. The molecule has 2 aromatic carbocycles. The van der Waals surface area contributed by atoms with Crippen LogP contribution < -0.4 is 15.8 Å². The Balaban J connectivity index is 1.27. The van der Waals surface area contributed by atoms with E-state index in [1.54, 1.807) is 24.5 Å². The van der Waals surface area contributed by atoms with E-state index >= 15 is 4.39 Å². The maximum Gasteiger partial charge on any atom is 0.284 e. The van der Waals surface area contributed by atoms with E-state index in [0.717, 1.165) is 48.2 Å². The molecule has 1 aliphatic heterocycles. The van der Waals surface area contributed by atoms with Crippen LogP contribution in [0, 0.1) is 11.6 Å². The maximum absolute atomic E-state index is 15.8. The fourth-order valence-electron chi connectivity index (χ4n) is 5.22. The quantitative estimate of drug-likeness (QED) is 0.279. The van der Waals surface area contributed by atoms with Crippen LogP contribution in [0.5, 0.6) is 0 Å². The van der Waals surface area contributed by atoms with Crippen LogP contribution in [0.3, 0.4) is 0 Å². The van der Waals surface area contributed by atoms with Gasteiger partial charge in [0.2, 0.25) is 0 Å². The zero-order valence-corrected chi connectivity index (χ0v) is 22.6. The number of amides is 1. The molecule has 0 unspecified atom stereocenters. The molecular formula is C30H28F2N8O2. The number of rotatable bonds is 8. The van der Waals surface area contributed by atoms with Crippen LogP contribution in [0.15, 0.2) is 78.0 Å². The molecule has 0 spiro atoms. The Labute approximate surface area is 239 Å². The summed E-state index contributed by atoms with van der Waals surface area (Å²) in [6.07, 6.45) is 8.15. The van der Waals surface area contributed by atoms with Crippen LogP contribution in [0.1, 0.15) is 29.6 Å². The molecule has 214 valence electrons. The van der Waals surface area contributed by atoms with Crippen LogP contribution in [0.4, 0.5) is 25.8 Å². The van der Waals surface area contributed by atoms with Gasteiger partial charge in [0, 0.05) is 31.2 Å². The second kappa shape index (κ2) is 11.9. The van der Waals surface area contributed by atoms with E-state index in [4.69, 9.17) is 0 Å². The van der Waals surface area contributed by atoms with Crippen molar-refractivity contribution in [1.82, 2.24) is 29.9 Å². The minimum atomic E-state index is -0.721. The summed E-state index contributed by atoms with van der Waals surface area (Å²) in [4.78, 5) is 34.6. The molecule has 1 saturated heterocycles. The number of hydrogen-bond acceptors (Lipinski definition) is 7. The molecule has 1 amide bonds. The lowest BCUT2D eigenvalue weighted by Crippen LogP contribution is -2.36. The molecule has 5 aromatic rings. The zero-order valence-electron chi connectivity index (χ0n) is 22.6. The third kappa shape index (κ3) is 5.61. The minimum absolute atomic E-state index is 0.185. The van der Waals surface area contributed by atoms with Crippen molar-refractivity contribution in [2.24, 2.45) is 0 Å². The SMILES string of the molecule is O=C(Nc1ccc(N(CCN2CCCCC2)c2ccnc3[nH]ncc23)c(F)c1)c1ccnn(-c2ccc(F)cc2)c1=O. The number of likely N-dealkylation sites (tertiary alicyclic amines) is 1. The largest absolute Gasteiger partial charge is 0.337 e. The second-order valence-electron chi connectivity index (χ2n) is 10.1. The van der Waals surface area contributed by atoms with E-state index in [1.807, 2.05) is 11.0 Å². The summed E-state index contributed by atoms with van der Waals surface area (Å²) in [6, 6.07) is 12.7. The van der Waals surface area contributed by atoms with Gasteiger partial charge in [0.1, 0.15) is 17.2 Å². The number of fused-ring (bicyclic) bond motifs is 1. The number of carbonyl (C=O) groups excluding carboxylic acids is 1. The van der Waals surface area contributed by atoms with E-state index in [9.17, 15) is 14.0 Å². The molecule has 0 bridgehead atoms. The molecule has 4 heterocycles. The van der Waals surface area contributed by atoms with Crippen molar-refractivity contribution < 1.29 is 13.6 Å². The molecule has 10 nitrogen and oxygen atoms in total. The van der Waals surface area contributed by atoms with Gasteiger partial charge in [-0.2, -0.15) is 14.9 Å². The first-order valence-electron chi connectivity index (χ1n) is 13.7. The number of anilines is 3. The van der Waals surface area contributed by atoms with Crippen molar-refractivity contribution in [3.05, 3.63) is 101 Å². The van der Waals surface area contributed by atoms with Crippen LogP contribution in [0.25, 0.3) is 16.7 Å². The Morgan fingerprint density at radius 1 is 0.976 bits per heavy atom. The predicted molar refractivity (Wildman–Crippen MR) is 155 cm³/mol. The van der Waals surface area contributed by atoms with Gasteiger partial charge in [-0.3, -0.25) is 14.7 Å². The van der Waals surface area contributed by atoms with Crippen molar-refractivity contribution in [2.75, 3.05) is 36.4 Å². The fourth-order valence-corrected chi connectivity index (χ4v) is 5.22. The summed E-state index contributed by atoms with van der Waals surface area (Å²) in [7, 11) is 0. The molecule has 12 heteroatoms. The van der Waals surface area contributed by atoms with Crippen molar-refractivity contribution in [1.29, 1.82) is 0 Å². The number of carbonyl (C=O) groups is 1. The lowest BCUT2D eigenvalue weighted by Gasteiger charge is -2.31. The first kappa shape index (κ1) is 27.2. The molecule has 0 atom stereocenters. The Kier molecular flexibility index (Phi) is 7.69. The number of piperidine rings is 1. The minimum Gasteiger partial charge on any atom is -0.337 e. The van der Waals surface area contributed by atoms with E-state index in [1.165, 1.54) is 49.0 Å². The standard InChI is InChI=1S/C30H28F2N8O2/c31-20-4-7-22(8-5-20)40-30(42)23(10-13-35-40)29(41)36-21-6-9-27(25(32)18-21)39(17-16-38-14-2-1-3-15-38)26-11-12-33-28-24(26)19-34-37-28/h4-13,18-19H,1-3,14-17H2,(H,36,41)(H,33,34,37). The summed E-state index contributed by atoms with van der Waals surface area (Å²) in [5, 5.41) is 14.3. The first-order chi connectivity index (χ1) is 20.5. The molecule has 0 aliphatic carbocycles. The molecular weight excluding hydrogens is 542 g/mol. The van der Waals surface area contributed by atoms with Crippen molar-refractivity contribution in [3.63, 3.8) is 0 Å². The van der Waals surface area contributed by atoms with Gasteiger partial charge in [-0.05, 0) is 80.5 Å². The van der Waals surface area contributed by atoms with Gasteiger partial charge in [-0.1, -0.05) is 6.42 Å². The van der Waals surface area contributed by atoms with Crippen LogP contribution in [0.2, 0.25) is 0 Å². The van der Waals surface area contributed by atoms with E-state index in [-0.39, 0.29) is 11.3 Å². The number of benzene rings is 2. The summed E-state index contributed by atoms with van der Waals surface area (Å²) < 4.78 is 30.1. The molecule has 0 saturated carbocycles. The van der Waals surface area contributed by atoms with Gasteiger partial charge in [0.05, 0.1) is 28.6 Å². The number of nitrogens with zero attached hydrogens (tertiary/aromatic N) is 6. The Morgan fingerprint density at radius 3 is 2.57 bits per heavy atom. The van der Waals surface area contributed by atoms with E-state index in [2.05, 4.69) is 30.5 Å². The van der Waals surface area contributed by atoms with Gasteiger partial charge in [0.25, 0.3) is 11.5 Å². The van der Waals surface area contributed by atoms with E-state index < -0.39 is 23.1 Å². The first-order valence-corrected chi connectivity index (χ1v) is 13.7. The zero-order chi connectivity index (χ0) is 29.1. The highest BCUT2D eigenvalue weighted by Gasteiger charge is 2.21. The Morgan fingerprint density at radius 2 is 1.79 bits per heavy atom. The average molecular weight is 571 g/mol. The molecule has 1 fully saturated rings. The highest BCUT2D eigenvalue weighted by Crippen LogP contribution is 2.33.